The summed E-state index contributed by atoms with van der Waals surface area (Å²) < 4.78 is 1.64. The molecule has 1 aromatic carbocycles. The van der Waals surface area contributed by atoms with Gasteiger partial charge in [-0.05, 0) is 30.3 Å². The molecular weight excluding hydrogens is 190 g/mol. The Morgan fingerprint density at radius 1 is 1.27 bits per heavy atom. The topological polar surface area (TPSA) is 61.8 Å². The Labute approximate surface area is 87.0 Å². The predicted molar refractivity (Wildman–Crippen MR) is 54.2 cm³/mol. The van der Waals surface area contributed by atoms with Gasteiger partial charge in [0.1, 0.15) is 0 Å². The normalized spacial score (nSPS) is 9.87. The number of aliphatic hydroxyl groups excluding tert-OH is 1. The van der Waals surface area contributed by atoms with Crippen molar-refractivity contribution < 1.29 is 5.11 Å². The van der Waals surface area contributed by atoms with E-state index in [1.54, 1.807) is 41.2 Å². The Bertz CT molecular complexity index is 493. The monoisotopic (exact) mass is 199 g/mol. The van der Waals surface area contributed by atoms with Crippen molar-refractivity contribution in [3.05, 3.63) is 47.8 Å². The average molecular weight is 199 g/mol. The molecule has 74 valence electrons. The molecule has 2 rings (SSSR count). The molecule has 4 heteroatoms. The highest BCUT2D eigenvalue weighted by molar-refractivity contribution is 5.39. The molecule has 4 nitrogen and oxygen atoms in total. The Hall–Kier alpha value is -2.12. The van der Waals surface area contributed by atoms with Crippen LogP contribution in [0.5, 0.6) is 0 Å². The third-order valence-electron chi connectivity index (χ3n) is 2.12. The summed E-state index contributed by atoms with van der Waals surface area (Å²) >= 11 is 0. The maximum atomic E-state index is 9.06. The van der Waals surface area contributed by atoms with Crippen molar-refractivity contribution in [1.29, 1.82) is 5.26 Å². The number of hydrogen-bond donors (Lipinski definition) is 1. The summed E-state index contributed by atoms with van der Waals surface area (Å²) in [5, 5.41) is 21.8. The fourth-order valence-electron chi connectivity index (χ4n) is 1.36. The molecule has 1 aromatic heterocycles. The zero-order valence-electron chi connectivity index (χ0n) is 7.96. The van der Waals surface area contributed by atoms with Crippen LogP contribution in [0.15, 0.2) is 36.5 Å². The Balaban J connectivity index is 2.42. The molecule has 0 amide bonds. The first kappa shape index (κ1) is 9.44. The minimum atomic E-state index is -0.0556. The van der Waals surface area contributed by atoms with Gasteiger partial charge in [-0.1, -0.05) is 0 Å². The number of aliphatic hydroxyl groups is 1. The summed E-state index contributed by atoms with van der Waals surface area (Å²) in [5.74, 6) is 0. The van der Waals surface area contributed by atoms with Crippen LogP contribution >= 0.6 is 0 Å². The fraction of sp³-hybridized carbons (Fsp3) is 0.0909. The van der Waals surface area contributed by atoms with Crippen molar-refractivity contribution >= 4 is 0 Å². The van der Waals surface area contributed by atoms with Crippen molar-refractivity contribution in [2.75, 3.05) is 0 Å². The van der Waals surface area contributed by atoms with E-state index < -0.39 is 0 Å². The van der Waals surface area contributed by atoms with Gasteiger partial charge in [0.2, 0.25) is 0 Å². The van der Waals surface area contributed by atoms with Crippen molar-refractivity contribution in [1.82, 2.24) is 9.78 Å². The molecule has 0 bridgehead atoms. The molecule has 0 aliphatic rings. The van der Waals surface area contributed by atoms with Crippen LogP contribution in [0.2, 0.25) is 0 Å². The van der Waals surface area contributed by atoms with Crippen LogP contribution in [0.4, 0.5) is 0 Å². The highest BCUT2D eigenvalue weighted by atomic mass is 16.3. The molecule has 0 saturated heterocycles. The predicted octanol–water partition coefficient (Wildman–Crippen LogP) is 1.24. The van der Waals surface area contributed by atoms with E-state index in [9.17, 15) is 0 Å². The smallest absolute Gasteiger partial charge is 0.0991 e. The lowest BCUT2D eigenvalue weighted by atomic mass is 10.2. The number of nitriles is 1. The Morgan fingerprint density at radius 3 is 2.60 bits per heavy atom. The number of benzene rings is 1. The van der Waals surface area contributed by atoms with Crippen molar-refractivity contribution in [3.63, 3.8) is 0 Å². The summed E-state index contributed by atoms with van der Waals surface area (Å²) in [5.41, 5.74) is 2.17. The molecule has 1 heterocycles. The SMILES string of the molecule is N#Cc1ccc(-n2nccc2CO)cc1. The summed E-state index contributed by atoms with van der Waals surface area (Å²) in [4.78, 5) is 0. The standard InChI is InChI=1S/C11H9N3O/c12-7-9-1-3-10(4-2-9)14-11(8-15)5-6-13-14/h1-6,15H,8H2. The number of nitrogens with zero attached hydrogens (tertiary/aromatic N) is 3. The summed E-state index contributed by atoms with van der Waals surface area (Å²) in [6.07, 6.45) is 1.63. The summed E-state index contributed by atoms with van der Waals surface area (Å²) in [6.45, 7) is -0.0556. The van der Waals surface area contributed by atoms with Crippen LogP contribution in [0, 0.1) is 11.3 Å². The molecule has 0 spiro atoms. The zero-order chi connectivity index (χ0) is 10.7. The largest absolute Gasteiger partial charge is 0.390 e. The highest BCUT2D eigenvalue weighted by Gasteiger charge is 2.02. The second kappa shape index (κ2) is 3.95. The van der Waals surface area contributed by atoms with Gasteiger partial charge < -0.3 is 5.11 Å². The van der Waals surface area contributed by atoms with E-state index in [4.69, 9.17) is 10.4 Å². The lowest BCUT2D eigenvalue weighted by Gasteiger charge is -2.04. The molecule has 0 unspecified atom stereocenters. The highest BCUT2D eigenvalue weighted by Crippen LogP contribution is 2.11. The molecule has 0 fully saturated rings. The Kier molecular flexibility index (Phi) is 2.48. The molecular formula is C11H9N3O. The summed E-state index contributed by atoms with van der Waals surface area (Å²) in [7, 11) is 0. The number of rotatable bonds is 2. The van der Waals surface area contributed by atoms with Crippen LogP contribution in [0.3, 0.4) is 0 Å². The lowest BCUT2D eigenvalue weighted by molar-refractivity contribution is 0.273. The van der Waals surface area contributed by atoms with E-state index in [2.05, 4.69) is 5.10 Å². The molecule has 0 radical (unpaired) electrons. The van der Waals surface area contributed by atoms with Gasteiger partial charge in [0.15, 0.2) is 0 Å². The van der Waals surface area contributed by atoms with E-state index in [1.807, 2.05) is 6.07 Å². The van der Waals surface area contributed by atoms with Crippen LogP contribution in [-0.2, 0) is 6.61 Å². The molecule has 1 N–H and O–H groups in total. The third kappa shape index (κ3) is 1.73. The van der Waals surface area contributed by atoms with Gasteiger partial charge in [0, 0.05) is 6.20 Å². The van der Waals surface area contributed by atoms with Crippen molar-refractivity contribution in [3.8, 4) is 11.8 Å². The van der Waals surface area contributed by atoms with E-state index in [0.29, 0.717) is 5.56 Å². The number of hydrogen-bond acceptors (Lipinski definition) is 3. The molecule has 0 atom stereocenters. The van der Waals surface area contributed by atoms with Gasteiger partial charge in [-0.2, -0.15) is 10.4 Å². The maximum absolute atomic E-state index is 9.06. The molecule has 15 heavy (non-hydrogen) atoms. The van der Waals surface area contributed by atoms with Gasteiger partial charge in [-0.15, -0.1) is 0 Å². The van der Waals surface area contributed by atoms with Gasteiger partial charge in [0.05, 0.1) is 29.6 Å². The van der Waals surface area contributed by atoms with Gasteiger partial charge in [-0.25, -0.2) is 4.68 Å². The maximum Gasteiger partial charge on any atom is 0.0991 e. The van der Waals surface area contributed by atoms with Crippen LogP contribution in [0.1, 0.15) is 11.3 Å². The Morgan fingerprint density at radius 2 is 2.00 bits per heavy atom. The minimum absolute atomic E-state index is 0.0556. The zero-order valence-corrected chi connectivity index (χ0v) is 7.96. The molecule has 0 aliphatic carbocycles. The second-order valence-corrected chi connectivity index (χ2v) is 3.05. The molecule has 0 aliphatic heterocycles. The van der Waals surface area contributed by atoms with E-state index in [1.165, 1.54) is 0 Å². The first-order chi connectivity index (χ1) is 7.35. The summed E-state index contributed by atoms with van der Waals surface area (Å²) in [6, 6.07) is 10.8. The minimum Gasteiger partial charge on any atom is -0.390 e. The van der Waals surface area contributed by atoms with Crippen molar-refractivity contribution in [2.45, 2.75) is 6.61 Å². The van der Waals surface area contributed by atoms with Crippen LogP contribution < -0.4 is 0 Å². The second-order valence-electron chi connectivity index (χ2n) is 3.05. The lowest BCUT2D eigenvalue weighted by Crippen LogP contribution is -2.01. The van der Waals surface area contributed by atoms with Crippen LogP contribution in [-0.4, -0.2) is 14.9 Å². The van der Waals surface area contributed by atoms with Crippen LogP contribution in [0.25, 0.3) is 5.69 Å². The average Bonchev–Trinajstić information content (AvgIpc) is 2.77. The van der Waals surface area contributed by atoms with E-state index in [0.717, 1.165) is 11.4 Å². The number of aromatic nitrogens is 2. The van der Waals surface area contributed by atoms with Crippen molar-refractivity contribution in [2.24, 2.45) is 0 Å². The molecule has 2 aromatic rings. The first-order valence-corrected chi connectivity index (χ1v) is 4.49. The van der Waals surface area contributed by atoms with E-state index >= 15 is 0 Å². The quantitative estimate of drug-likeness (QED) is 0.791. The van der Waals surface area contributed by atoms with Gasteiger partial charge in [0.25, 0.3) is 0 Å². The third-order valence-corrected chi connectivity index (χ3v) is 2.12. The molecule has 0 saturated carbocycles. The first-order valence-electron chi connectivity index (χ1n) is 4.49. The fourth-order valence-corrected chi connectivity index (χ4v) is 1.36. The van der Waals surface area contributed by atoms with Gasteiger partial charge >= 0.3 is 0 Å². The van der Waals surface area contributed by atoms with E-state index in [-0.39, 0.29) is 6.61 Å². The van der Waals surface area contributed by atoms with Gasteiger partial charge in [-0.3, -0.25) is 0 Å².